The molecule has 86 valence electrons. The van der Waals surface area contributed by atoms with Gasteiger partial charge in [0.05, 0.1) is 13.2 Å². The van der Waals surface area contributed by atoms with Gasteiger partial charge in [-0.25, -0.2) is 4.79 Å². The summed E-state index contributed by atoms with van der Waals surface area (Å²) < 4.78 is 4.56. The van der Waals surface area contributed by atoms with Crippen molar-refractivity contribution in [3.8, 4) is 0 Å². The molecular weight excluding hydrogens is 206 g/mol. The van der Waals surface area contributed by atoms with Crippen LogP contribution in [0.4, 0.5) is 4.79 Å². The molecule has 0 heterocycles. The third kappa shape index (κ3) is 3.08. The van der Waals surface area contributed by atoms with Crippen LogP contribution in [0.2, 0.25) is 0 Å². The number of hydrogen-bond donors (Lipinski definition) is 0. The summed E-state index contributed by atoms with van der Waals surface area (Å²) >= 11 is 0. The number of hydrogen-bond acceptors (Lipinski definition) is 3. The summed E-state index contributed by atoms with van der Waals surface area (Å²) in [5.74, 6) is 0. The van der Waals surface area contributed by atoms with Gasteiger partial charge >= 0.3 is 6.09 Å². The SMILES string of the molecule is COC(=O)N(C)[C@H](C=O)Cc1ccccc1. The summed E-state index contributed by atoms with van der Waals surface area (Å²) in [6.07, 6.45) is 0.743. The van der Waals surface area contributed by atoms with E-state index in [1.54, 1.807) is 7.05 Å². The number of rotatable bonds is 4. The average Bonchev–Trinajstić information content (AvgIpc) is 2.35. The molecule has 0 saturated heterocycles. The Kier molecular flexibility index (Phi) is 4.51. The highest BCUT2D eigenvalue weighted by molar-refractivity contribution is 5.73. The van der Waals surface area contributed by atoms with E-state index in [9.17, 15) is 9.59 Å². The van der Waals surface area contributed by atoms with Gasteiger partial charge in [-0.1, -0.05) is 30.3 Å². The van der Waals surface area contributed by atoms with Crippen LogP contribution in [0.3, 0.4) is 0 Å². The lowest BCUT2D eigenvalue weighted by molar-refractivity contribution is -0.111. The number of aldehydes is 1. The lowest BCUT2D eigenvalue weighted by Gasteiger charge is -2.22. The molecule has 1 rings (SSSR count). The van der Waals surface area contributed by atoms with Gasteiger partial charge in [0.1, 0.15) is 6.29 Å². The van der Waals surface area contributed by atoms with E-state index in [0.29, 0.717) is 6.42 Å². The Hall–Kier alpha value is -1.84. The van der Waals surface area contributed by atoms with Crippen molar-refractivity contribution in [3.63, 3.8) is 0 Å². The number of amides is 1. The second kappa shape index (κ2) is 5.90. The molecule has 1 aromatic carbocycles. The summed E-state index contributed by atoms with van der Waals surface area (Å²) in [5.41, 5.74) is 1.01. The molecule has 0 aliphatic rings. The zero-order valence-electron chi connectivity index (χ0n) is 9.42. The first kappa shape index (κ1) is 12.2. The third-order valence-corrected chi connectivity index (χ3v) is 2.40. The molecule has 0 aliphatic carbocycles. The van der Waals surface area contributed by atoms with Crippen LogP contribution in [-0.2, 0) is 16.0 Å². The standard InChI is InChI=1S/C12H15NO3/c1-13(12(15)16-2)11(9-14)8-10-6-4-3-5-7-10/h3-7,9,11H,8H2,1-2H3/t11-/m0/s1. The van der Waals surface area contributed by atoms with E-state index >= 15 is 0 Å². The largest absolute Gasteiger partial charge is 0.453 e. The van der Waals surface area contributed by atoms with Crippen molar-refractivity contribution in [2.75, 3.05) is 14.2 Å². The van der Waals surface area contributed by atoms with Crippen LogP contribution in [0, 0.1) is 0 Å². The fraction of sp³-hybridized carbons (Fsp3) is 0.333. The molecule has 0 aliphatic heterocycles. The zero-order valence-corrected chi connectivity index (χ0v) is 9.42. The molecule has 1 amide bonds. The second-order valence-corrected chi connectivity index (χ2v) is 3.47. The molecule has 0 saturated carbocycles. The molecule has 0 bridgehead atoms. The average molecular weight is 221 g/mol. The van der Waals surface area contributed by atoms with Crippen molar-refractivity contribution in [2.45, 2.75) is 12.5 Å². The van der Waals surface area contributed by atoms with E-state index in [0.717, 1.165) is 11.8 Å². The molecule has 16 heavy (non-hydrogen) atoms. The van der Waals surface area contributed by atoms with Crippen LogP contribution in [-0.4, -0.2) is 37.5 Å². The van der Waals surface area contributed by atoms with Gasteiger partial charge in [0.15, 0.2) is 0 Å². The Morgan fingerprint density at radius 1 is 1.44 bits per heavy atom. The highest BCUT2D eigenvalue weighted by Crippen LogP contribution is 2.07. The van der Waals surface area contributed by atoms with Gasteiger partial charge in [-0.2, -0.15) is 0 Å². The molecule has 1 aromatic rings. The van der Waals surface area contributed by atoms with Crippen molar-refractivity contribution in [1.82, 2.24) is 4.90 Å². The first-order chi connectivity index (χ1) is 7.69. The minimum absolute atomic E-state index is 0.491. The van der Waals surface area contributed by atoms with Gasteiger partial charge in [-0.3, -0.25) is 0 Å². The van der Waals surface area contributed by atoms with Crippen LogP contribution in [0.5, 0.6) is 0 Å². The molecule has 0 radical (unpaired) electrons. The minimum Gasteiger partial charge on any atom is -0.453 e. The molecule has 0 fully saturated rings. The van der Waals surface area contributed by atoms with Crippen molar-refractivity contribution >= 4 is 12.4 Å². The smallest absolute Gasteiger partial charge is 0.409 e. The normalized spacial score (nSPS) is 11.6. The van der Waals surface area contributed by atoms with Gasteiger partial charge in [0, 0.05) is 7.05 Å². The van der Waals surface area contributed by atoms with Crippen LogP contribution in [0.1, 0.15) is 5.56 Å². The Labute approximate surface area is 94.8 Å². The molecule has 4 nitrogen and oxygen atoms in total. The molecule has 0 spiro atoms. The Bertz CT molecular complexity index is 351. The van der Waals surface area contributed by atoms with Crippen molar-refractivity contribution in [1.29, 1.82) is 0 Å². The number of carbonyl (C=O) groups is 2. The Balaban J connectivity index is 2.69. The number of carbonyl (C=O) groups excluding carboxylic acids is 2. The van der Waals surface area contributed by atoms with Crippen LogP contribution >= 0.6 is 0 Å². The summed E-state index contributed by atoms with van der Waals surface area (Å²) in [4.78, 5) is 23.5. The lowest BCUT2D eigenvalue weighted by Crippen LogP contribution is -2.39. The van der Waals surface area contributed by atoms with E-state index in [-0.39, 0.29) is 0 Å². The molecular formula is C12H15NO3. The van der Waals surface area contributed by atoms with Crippen LogP contribution in [0.25, 0.3) is 0 Å². The van der Waals surface area contributed by atoms with Crippen LogP contribution < -0.4 is 0 Å². The maximum atomic E-state index is 11.2. The maximum Gasteiger partial charge on any atom is 0.409 e. The summed E-state index contributed by atoms with van der Waals surface area (Å²) in [6, 6.07) is 9.05. The van der Waals surface area contributed by atoms with E-state index in [1.807, 2.05) is 30.3 Å². The number of methoxy groups -OCH3 is 1. The van der Waals surface area contributed by atoms with Crippen molar-refractivity contribution < 1.29 is 14.3 Å². The minimum atomic E-state index is -0.506. The molecule has 4 heteroatoms. The van der Waals surface area contributed by atoms with Crippen molar-refractivity contribution in [3.05, 3.63) is 35.9 Å². The number of benzene rings is 1. The van der Waals surface area contributed by atoms with E-state index in [4.69, 9.17) is 0 Å². The number of likely N-dealkylation sites (N-methyl/N-ethyl adjacent to an activating group) is 1. The predicted molar refractivity (Wildman–Crippen MR) is 60.2 cm³/mol. The van der Waals surface area contributed by atoms with Crippen LogP contribution in [0.15, 0.2) is 30.3 Å². The topological polar surface area (TPSA) is 46.6 Å². The second-order valence-electron chi connectivity index (χ2n) is 3.47. The Morgan fingerprint density at radius 3 is 2.56 bits per heavy atom. The highest BCUT2D eigenvalue weighted by Gasteiger charge is 2.19. The predicted octanol–water partition coefficient (Wildman–Crippen LogP) is 1.49. The number of ether oxygens (including phenoxy) is 1. The maximum absolute atomic E-state index is 11.2. The van der Waals surface area contributed by atoms with Gasteiger partial charge in [-0.05, 0) is 12.0 Å². The first-order valence-corrected chi connectivity index (χ1v) is 4.99. The lowest BCUT2D eigenvalue weighted by atomic mass is 10.1. The van der Waals surface area contributed by atoms with E-state index in [2.05, 4.69) is 4.74 Å². The zero-order chi connectivity index (χ0) is 12.0. The molecule has 0 unspecified atom stereocenters. The summed E-state index contributed by atoms with van der Waals surface area (Å²) in [7, 11) is 2.84. The summed E-state index contributed by atoms with van der Waals surface area (Å²) in [6.45, 7) is 0. The summed E-state index contributed by atoms with van der Waals surface area (Å²) in [5, 5.41) is 0. The van der Waals surface area contributed by atoms with Gasteiger partial charge in [0.25, 0.3) is 0 Å². The first-order valence-electron chi connectivity index (χ1n) is 4.99. The Morgan fingerprint density at radius 2 is 2.06 bits per heavy atom. The monoisotopic (exact) mass is 221 g/mol. The highest BCUT2D eigenvalue weighted by atomic mass is 16.5. The number of nitrogens with zero attached hydrogens (tertiary/aromatic N) is 1. The molecule has 0 aromatic heterocycles. The van der Waals surface area contributed by atoms with E-state index < -0.39 is 12.1 Å². The van der Waals surface area contributed by atoms with Gasteiger partial charge in [-0.15, -0.1) is 0 Å². The fourth-order valence-corrected chi connectivity index (χ4v) is 1.41. The van der Waals surface area contributed by atoms with E-state index in [1.165, 1.54) is 12.0 Å². The fourth-order valence-electron chi connectivity index (χ4n) is 1.41. The third-order valence-electron chi connectivity index (χ3n) is 2.40. The quantitative estimate of drug-likeness (QED) is 0.724. The molecule has 1 atom stereocenters. The van der Waals surface area contributed by atoms with Gasteiger partial charge in [0.2, 0.25) is 0 Å². The molecule has 0 N–H and O–H groups in total. The van der Waals surface area contributed by atoms with Crippen molar-refractivity contribution in [2.24, 2.45) is 0 Å². The van der Waals surface area contributed by atoms with Gasteiger partial charge < -0.3 is 14.4 Å².